The van der Waals surface area contributed by atoms with Crippen molar-refractivity contribution in [1.29, 1.82) is 0 Å². The van der Waals surface area contributed by atoms with Gasteiger partial charge in [-0.3, -0.25) is 4.79 Å². The average Bonchev–Trinajstić information content (AvgIpc) is 2.20. The first-order valence-corrected chi connectivity index (χ1v) is 6.58. The Morgan fingerprint density at radius 3 is 2.53 bits per heavy atom. The third-order valence-electron chi connectivity index (χ3n) is 2.42. The highest BCUT2D eigenvalue weighted by Crippen LogP contribution is 2.21. The topological polar surface area (TPSA) is 97.5 Å². The van der Waals surface area contributed by atoms with Crippen molar-refractivity contribution in [3.63, 3.8) is 0 Å². The molecule has 0 aliphatic heterocycles. The van der Waals surface area contributed by atoms with Crippen LogP contribution in [0, 0.1) is 13.8 Å². The van der Waals surface area contributed by atoms with Crippen LogP contribution in [0.15, 0.2) is 23.1 Å². The molecule has 0 aliphatic carbocycles. The lowest BCUT2D eigenvalue weighted by molar-refractivity contribution is -0.137. The number of rotatable bonds is 4. The fourth-order valence-electron chi connectivity index (χ4n) is 1.46. The number of aryl methyl sites for hydroxylation is 2. The SMILES string of the molecule is Cc1ccc(C)c(S(=O)(=O)C(N)CC(=O)O)c1. The average molecular weight is 257 g/mol. The largest absolute Gasteiger partial charge is 0.481 e. The first kappa shape index (κ1) is 13.7. The summed E-state index contributed by atoms with van der Waals surface area (Å²) < 4.78 is 24.1. The molecule has 1 rings (SSSR count). The van der Waals surface area contributed by atoms with E-state index in [0.717, 1.165) is 5.56 Å². The number of carboxylic acids is 1. The third-order valence-corrected chi connectivity index (χ3v) is 4.44. The van der Waals surface area contributed by atoms with E-state index in [9.17, 15) is 13.2 Å². The number of aliphatic carboxylic acids is 1. The molecule has 0 fully saturated rings. The molecule has 6 heteroatoms. The van der Waals surface area contributed by atoms with Gasteiger partial charge in [-0.25, -0.2) is 8.42 Å². The van der Waals surface area contributed by atoms with Gasteiger partial charge >= 0.3 is 5.97 Å². The van der Waals surface area contributed by atoms with Crippen molar-refractivity contribution in [2.24, 2.45) is 5.73 Å². The lowest BCUT2D eigenvalue weighted by Gasteiger charge is -2.13. The Bertz CT molecular complexity index is 536. The number of hydrogen-bond donors (Lipinski definition) is 2. The van der Waals surface area contributed by atoms with Gasteiger partial charge in [-0.15, -0.1) is 0 Å². The predicted octanol–water partition coefficient (Wildman–Crippen LogP) is 0.837. The van der Waals surface area contributed by atoms with Crippen LogP contribution in [0.25, 0.3) is 0 Å². The molecule has 0 aliphatic rings. The number of carbonyl (C=O) groups is 1. The molecule has 3 N–H and O–H groups in total. The summed E-state index contributed by atoms with van der Waals surface area (Å²) >= 11 is 0. The summed E-state index contributed by atoms with van der Waals surface area (Å²) in [4.78, 5) is 10.6. The highest BCUT2D eigenvalue weighted by Gasteiger charge is 2.27. The van der Waals surface area contributed by atoms with E-state index in [4.69, 9.17) is 10.8 Å². The molecule has 1 atom stereocenters. The van der Waals surface area contributed by atoms with Crippen LogP contribution in [0.3, 0.4) is 0 Å². The molecule has 0 spiro atoms. The van der Waals surface area contributed by atoms with Gasteiger partial charge in [-0.05, 0) is 31.0 Å². The summed E-state index contributed by atoms with van der Waals surface area (Å²) in [7, 11) is -3.79. The number of sulfone groups is 1. The van der Waals surface area contributed by atoms with Gasteiger partial charge in [-0.2, -0.15) is 0 Å². The second-order valence-corrected chi connectivity index (χ2v) is 6.09. The van der Waals surface area contributed by atoms with Gasteiger partial charge in [0.05, 0.1) is 11.3 Å². The standard InChI is InChI=1S/C11H15NO4S/c1-7-3-4-8(2)9(5-7)17(15,16)10(12)6-11(13)14/h3-5,10H,6,12H2,1-2H3,(H,13,14). The van der Waals surface area contributed by atoms with E-state index in [1.807, 2.05) is 0 Å². The maximum absolute atomic E-state index is 12.1. The molecule has 0 saturated heterocycles. The molecule has 0 aromatic heterocycles. The third kappa shape index (κ3) is 3.04. The zero-order chi connectivity index (χ0) is 13.2. The van der Waals surface area contributed by atoms with E-state index in [1.165, 1.54) is 6.07 Å². The van der Waals surface area contributed by atoms with E-state index < -0.39 is 27.6 Å². The number of nitrogens with two attached hydrogens (primary N) is 1. The molecule has 94 valence electrons. The first-order valence-electron chi connectivity index (χ1n) is 5.03. The molecule has 0 heterocycles. The summed E-state index contributed by atoms with van der Waals surface area (Å²) in [5.74, 6) is -1.23. The minimum Gasteiger partial charge on any atom is -0.481 e. The highest BCUT2D eigenvalue weighted by molar-refractivity contribution is 7.92. The van der Waals surface area contributed by atoms with E-state index in [0.29, 0.717) is 5.56 Å². The van der Waals surface area contributed by atoms with E-state index in [-0.39, 0.29) is 4.90 Å². The fraction of sp³-hybridized carbons (Fsp3) is 0.364. The highest BCUT2D eigenvalue weighted by atomic mass is 32.2. The van der Waals surface area contributed by atoms with Crippen LogP contribution < -0.4 is 5.73 Å². The van der Waals surface area contributed by atoms with Crippen LogP contribution in [-0.2, 0) is 14.6 Å². The van der Waals surface area contributed by atoms with Crippen molar-refractivity contribution in [3.05, 3.63) is 29.3 Å². The monoisotopic (exact) mass is 257 g/mol. The van der Waals surface area contributed by atoms with Crippen LogP contribution in [0.2, 0.25) is 0 Å². The van der Waals surface area contributed by atoms with Crippen molar-refractivity contribution in [1.82, 2.24) is 0 Å². The number of benzene rings is 1. The lowest BCUT2D eigenvalue weighted by atomic mass is 10.2. The van der Waals surface area contributed by atoms with Crippen molar-refractivity contribution >= 4 is 15.8 Å². The Morgan fingerprint density at radius 1 is 1.41 bits per heavy atom. The molecule has 1 unspecified atom stereocenters. The van der Waals surface area contributed by atoms with E-state index in [2.05, 4.69) is 0 Å². The second-order valence-electron chi connectivity index (χ2n) is 3.95. The summed E-state index contributed by atoms with van der Waals surface area (Å²) in [6.45, 7) is 3.42. The predicted molar refractivity (Wildman–Crippen MR) is 63.3 cm³/mol. The van der Waals surface area contributed by atoms with Crippen LogP contribution >= 0.6 is 0 Å². The summed E-state index contributed by atoms with van der Waals surface area (Å²) in [6, 6.07) is 4.97. The van der Waals surface area contributed by atoms with E-state index >= 15 is 0 Å². The summed E-state index contributed by atoms with van der Waals surface area (Å²) in [6.07, 6.45) is -0.601. The van der Waals surface area contributed by atoms with E-state index in [1.54, 1.807) is 26.0 Å². The Hall–Kier alpha value is -1.40. The molecule has 17 heavy (non-hydrogen) atoms. The molecule has 5 nitrogen and oxygen atoms in total. The molecule has 1 aromatic rings. The first-order chi connectivity index (χ1) is 7.75. The Balaban J connectivity index is 3.21. The molecular weight excluding hydrogens is 242 g/mol. The van der Waals surface area contributed by atoms with Crippen LogP contribution in [0.5, 0.6) is 0 Å². The lowest BCUT2D eigenvalue weighted by Crippen LogP contribution is -2.33. The Morgan fingerprint density at radius 2 is 2.00 bits per heavy atom. The quantitative estimate of drug-likeness (QED) is 0.832. The molecule has 0 radical (unpaired) electrons. The number of hydrogen-bond acceptors (Lipinski definition) is 4. The minimum absolute atomic E-state index is 0.103. The van der Waals surface area contributed by atoms with Gasteiger partial charge in [0, 0.05) is 0 Å². The van der Waals surface area contributed by atoms with Gasteiger partial charge < -0.3 is 10.8 Å². The molecule has 0 amide bonds. The van der Waals surface area contributed by atoms with Crippen molar-refractivity contribution < 1.29 is 18.3 Å². The molecule has 0 saturated carbocycles. The maximum atomic E-state index is 12.1. The molecular formula is C11H15NO4S. The normalized spacial score (nSPS) is 13.4. The summed E-state index contributed by atoms with van der Waals surface area (Å²) in [5, 5.41) is 7.16. The van der Waals surface area contributed by atoms with Crippen molar-refractivity contribution in [2.75, 3.05) is 0 Å². The molecule has 1 aromatic carbocycles. The number of carboxylic acid groups (broad SMARTS) is 1. The van der Waals surface area contributed by atoms with Gasteiger partial charge in [0.25, 0.3) is 0 Å². The van der Waals surface area contributed by atoms with Gasteiger partial charge in [0.2, 0.25) is 0 Å². The zero-order valence-corrected chi connectivity index (χ0v) is 10.5. The fourth-order valence-corrected chi connectivity index (χ4v) is 3.01. The zero-order valence-electron chi connectivity index (χ0n) is 9.67. The minimum atomic E-state index is -3.79. The van der Waals surface area contributed by atoms with Crippen LogP contribution in [0.4, 0.5) is 0 Å². The maximum Gasteiger partial charge on any atom is 0.306 e. The van der Waals surface area contributed by atoms with Gasteiger partial charge in [0.15, 0.2) is 9.84 Å². The van der Waals surface area contributed by atoms with Crippen LogP contribution in [-0.4, -0.2) is 24.9 Å². The van der Waals surface area contributed by atoms with Crippen LogP contribution in [0.1, 0.15) is 17.5 Å². The van der Waals surface area contributed by atoms with Gasteiger partial charge in [-0.1, -0.05) is 12.1 Å². The second kappa shape index (κ2) is 4.85. The smallest absolute Gasteiger partial charge is 0.306 e. The Labute approximate surface area is 100 Å². The Kier molecular flexibility index (Phi) is 3.90. The summed E-state index contributed by atoms with van der Waals surface area (Å²) in [5.41, 5.74) is 6.79. The van der Waals surface area contributed by atoms with Crippen molar-refractivity contribution in [3.8, 4) is 0 Å². The molecule has 0 bridgehead atoms. The van der Waals surface area contributed by atoms with Crippen molar-refractivity contribution in [2.45, 2.75) is 30.5 Å². The van der Waals surface area contributed by atoms with Gasteiger partial charge in [0.1, 0.15) is 5.37 Å².